The Morgan fingerprint density at radius 3 is 2.52 bits per heavy atom. The molecule has 0 aliphatic heterocycles. The maximum Gasteiger partial charge on any atom is 0.205 e. The van der Waals surface area contributed by atoms with Crippen LogP contribution in [-0.2, 0) is 6.16 Å². The molecule has 0 bridgehead atoms. The van der Waals surface area contributed by atoms with Gasteiger partial charge in [-0.05, 0) is 31.1 Å². The molecule has 2 aromatic carbocycles. The SMILES string of the molecule is CCCCCCCCOc1cc(N(N)c2nc(-c3ccc(C)cc3)cs2)ccc1CP. The molecule has 0 radical (unpaired) electrons. The first-order valence-corrected chi connectivity index (χ1v) is 12.8. The number of hydrazine groups is 1. The van der Waals surface area contributed by atoms with Crippen molar-refractivity contribution in [1.82, 2.24) is 4.98 Å². The number of hydrogen-bond donors (Lipinski definition) is 1. The molecule has 6 heteroatoms. The average Bonchev–Trinajstić information content (AvgIpc) is 3.28. The van der Waals surface area contributed by atoms with Gasteiger partial charge in [0.25, 0.3) is 0 Å². The summed E-state index contributed by atoms with van der Waals surface area (Å²) < 4.78 is 6.13. The van der Waals surface area contributed by atoms with E-state index in [9.17, 15) is 0 Å². The maximum atomic E-state index is 6.44. The summed E-state index contributed by atoms with van der Waals surface area (Å²) in [4.78, 5) is 4.74. The molecular formula is C25H34N3OPS. The Morgan fingerprint density at radius 2 is 1.77 bits per heavy atom. The van der Waals surface area contributed by atoms with E-state index in [1.807, 2.05) is 17.5 Å². The molecular weight excluding hydrogens is 421 g/mol. The number of anilines is 2. The van der Waals surface area contributed by atoms with Crippen molar-refractivity contribution in [2.45, 2.75) is 58.5 Å². The van der Waals surface area contributed by atoms with Crippen molar-refractivity contribution in [3.8, 4) is 17.0 Å². The smallest absolute Gasteiger partial charge is 0.205 e. The van der Waals surface area contributed by atoms with Gasteiger partial charge in [0, 0.05) is 17.0 Å². The molecule has 1 unspecified atom stereocenters. The Bertz CT molecular complexity index is 942. The van der Waals surface area contributed by atoms with Crippen LogP contribution in [0.25, 0.3) is 11.3 Å². The zero-order valence-corrected chi connectivity index (χ0v) is 20.6. The lowest BCUT2D eigenvalue weighted by Crippen LogP contribution is -2.24. The lowest BCUT2D eigenvalue weighted by molar-refractivity contribution is 0.302. The first kappa shape index (κ1) is 23.7. The van der Waals surface area contributed by atoms with Crippen LogP contribution >= 0.6 is 20.6 Å². The second-order valence-corrected chi connectivity index (χ2v) is 9.11. The van der Waals surface area contributed by atoms with Crippen LogP contribution in [0.4, 0.5) is 10.8 Å². The van der Waals surface area contributed by atoms with Gasteiger partial charge in [0.2, 0.25) is 5.13 Å². The molecule has 4 nitrogen and oxygen atoms in total. The summed E-state index contributed by atoms with van der Waals surface area (Å²) in [5, 5.41) is 4.45. The summed E-state index contributed by atoms with van der Waals surface area (Å²) in [6.45, 7) is 5.07. The van der Waals surface area contributed by atoms with E-state index in [1.165, 1.54) is 43.2 Å². The minimum Gasteiger partial charge on any atom is -0.493 e. The minimum atomic E-state index is 0.743. The number of unbranched alkanes of at least 4 members (excludes halogenated alkanes) is 5. The van der Waals surface area contributed by atoms with Gasteiger partial charge < -0.3 is 4.74 Å². The van der Waals surface area contributed by atoms with E-state index >= 15 is 0 Å². The Kier molecular flexibility index (Phi) is 9.32. The van der Waals surface area contributed by atoms with Crippen molar-refractivity contribution in [3.63, 3.8) is 0 Å². The third kappa shape index (κ3) is 6.77. The Labute approximate surface area is 193 Å². The standard InChI is InChI=1S/C25H34N3OPS/c1-3-4-5-6-7-8-15-29-24-16-22(14-13-21(24)17-30)28(26)25-27-23(18-31-25)20-11-9-19(2)10-12-20/h9-14,16,18H,3-8,15,17,26,30H2,1-2H3. The summed E-state index contributed by atoms with van der Waals surface area (Å²) in [6, 6.07) is 14.5. The molecule has 2 N–H and O–H groups in total. The number of ether oxygens (including phenoxy) is 1. The fourth-order valence-electron chi connectivity index (χ4n) is 3.40. The molecule has 0 spiro atoms. The zero-order valence-electron chi connectivity index (χ0n) is 18.6. The van der Waals surface area contributed by atoms with Crippen LogP contribution in [-0.4, -0.2) is 11.6 Å². The summed E-state index contributed by atoms with van der Waals surface area (Å²) in [7, 11) is 2.78. The van der Waals surface area contributed by atoms with Crippen LogP contribution in [0.3, 0.4) is 0 Å². The quantitative estimate of drug-likeness (QED) is 0.135. The van der Waals surface area contributed by atoms with E-state index in [-0.39, 0.29) is 0 Å². The van der Waals surface area contributed by atoms with Gasteiger partial charge in [-0.25, -0.2) is 10.8 Å². The van der Waals surface area contributed by atoms with Gasteiger partial charge in [-0.3, -0.25) is 5.01 Å². The lowest BCUT2D eigenvalue weighted by Gasteiger charge is -2.18. The van der Waals surface area contributed by atoms with Gasteiger partial charge in [-0.1, -0.05) is 74.9 Å². The summed E-state index contributed by atoms with van der Waals surface area (Å²) in [5.41, 5.74) is 5.33. The molecule has 0 saturated carbocycles. The van der Waals surface area contributed by atoms with E-state index in [2.05, 4.69) is 53.4 Å². The van der Waals surface area contributed by atoms with Crippen molar-refractivity contribution in [2.24, 2.45) is 5.84 Å². The molecule has 1 heterocycles. The summed E-state index contributed by atoms with van der Waals surface area (Å²) in [5.74, 6) is 7.34. The topological polar surface area (TPSA) is 51.4 Å². The number of benzene rings is 2. The van der Waals surface area contributed by atoms with Gasteiger partial charge >= 0.3 is 0 Å². The molecule has 3 aromatic rings. The largest absolute Gasteiger partial charge is 0.493 e. The molecule has 0 aliphatic carbocycles. The van der Waals surface area contributed by atoms with Crippen LogP contribution in [0.5, 0.6) is 5.75 Å². The Balaban J connectivity index is 1.65. The second kappa shape index (κ2) is 12.2. The molecule has 0 fully saturated rings. The van der Waals surface area contributed by atoms with Crippen LogP contribution in [0, 0.1) is 6.92 Å². The average molecular weight is 456 g/mol. The first-order chi connectivity index (χ1) is 15.1. The van der Waals surface area contributed by atoms with Gasteiger partial charge in [-0.15, -0.1) is 20.6 Å². The fraction of sp³-hybridized carbons (Fsp3) is 0.400. The molecule has 3 rings (SSSR count). The highest BCUT2D eigenvalue weighted by Gasteiger charge is 2.13. The number of thiazole rings is 1. The molecule has 0 saturated heterocycles. The van der Waals surface area contributed by atoms with Crippen molar-refractivity contribution in [3.05, 3.63) is 59.0 Å². The van der Waals surface area contributed by atoms with Crippen molar-refractivity contribution in [1.29, 1.82) is 0 Å². The zero-order chi connectivity index (χ0) is 22.1. The highest BCUT2D eigenvalue weighted by atomic mass is 32.1. The Morgan fingerprint density at radius 1 is 1.03 bits per heavy atom. The molecule has 1 aromatic heterocycles. The number of hydrogen-bond acceptors (Lipinski definition) is 5. The number of aromatic nitrogens is 1. The van der Waals surface area contributed by atoms with E-state index in [0.29, 0.717) is 0 Å². The summed E-state index contributed by atoms with van der Waals surface area (Å²) >= 11 is 1.54. The molecule has 0 amide bonds. The minimum absolute atomic E-state index is 0.743. The van der Waals surface area contributed by atoms with E-state index in [0.717, 1.165) is 47.0 Å². The van der Waals surface area contributed by atoms with Crippen LogP contribution < -0.4 is 15.6 Å². The van der Waals surface area contributed by atoms with Crippen LogP contribution in [0.2, 0.25) is 0 Å². The third-order valence-corrected chi connectivity index (χ3v) is 6.63. The van der Waals surface area contributed by atoms with E-state index in [1.54, 1.807) is 16.3 Å². The third-order valence-electron chi connectivity index (χ3n) is 5.35. The van der Waals surface area contributed by atoms with Gasteiger partial charge in [-0.2, -0.15) is 0 Å². The van der Waals surface area contributed by atoms with Gasteiger partial charge in [0.1, 0.15) is 5.75 Å². The van der Waals surface area contributed by atoms with Crippen molar-refractivity contribution >= 4 is 31.4 Å². The van der Waals surface area contributed by atoms with Crippen LogP contribution in [0.15, 0.2) is 47.8 Å². The van der Waals surface area contributed by atoms with Crippen molar-refractivity contribution in [2.75, 3.05) is 11.6 Å². The Hall–Kier alpha value is -1.94. The van der Waals surface area contributed by atoms with Gasteiger partial charge in [0.15, 0.2) is 0 Å². The number of nitrogens with two attached hydrogens (primary N) is 1. The highest BCUT2D eigenvalue weighted by Crippen LogP contribution is 2.33. The van der Waals surface area contributed by atoms with E-state index in [4.69, 9.17) is 15.6 Å². The molecule has 0 aliphatic rings. The van der Waals surface area contributed by atoms with Crippen molar-refractivity contribution < 1.29 is 4.74 Å². The summed E-state index contributed by atoms with van der Waals surface area (Å²) in [6.07, 6.45) is 8.38. The van der Waals surface area contributed by atoms with Gasteiger partial charge in [0.05, 0.1) is 18.0 Å². The maximum absolute atomic E-state index is 6.44. The van der Waals surface area contributed by atoms with E-state index < -0.39 is 0 Å². The predicted molar refractivity (Wildman–Crippen MR) is 137 cm³/mol. The predicted octanol–water partition coefficient (Wildman–Crippen LogP) is 7.24. The monoisotopic (exact) mass is 455 g/mol. The lowest BCUT2D eigenvalue weighted by atomic mass is 10.1. The number of aryl methyl sites for hydroxylation is 1. The molecule has 166 valence electrons. The van der Waals surface area contributed by atoms with Crippen LogP contribution in [0.1, 0.15) is 56.6 Å². The fourth-order valence-corrected chi connectivity index (χ4v) is 4.52. The first-order valence-electron chi connectivity index (χ1n) is 11.2. The number of rotatable bonds is 12. The highest BCUT2D eigenvalue weighted by molar-refractivity contribution is 7.15. The molecule has 1 atom stereocenters. The molecule has 31 heavy (non-hydrogen) atoms. The second-order valence-electron chi connectivity index (χ2n) is 7.86. The normalized spacial score (nSPS) is 11.0. The number of nitrogens with zero attached hydrogens (tertiary/aromatic N) is 2.